The van der Waals surface area contributed by atoms with Gasteiger partial charge in [0.1, 0.15) is 11.6 Å². The van der Waals surface area contributed by atoms with Gasteiger partial charge >= 0.3 is 6.18 Å². The molecule has 1 aromatic heterocycles. The SMILES string of the molecule is O=c1[nH]c(C2CCCCC2)nc2c1CCN(Cc1ccc(C(F)(F)F)cc1F)C2. The fourth-order valence-electron chi connectivity index (χ4n) is 4.31. The maximum absolute atomic E-state index is 14.2. The van der Waals surface area contributed by atoms with Gasteiger partial charge in [-0.2, -0.15) is 13.2 Å². The fourth-order valence-corrected chi connectivity index (χ4v) is 4.31. The molecule has 1 saturated carbocycles. The minimum Gasteiger partial charge on any atom is -0.310 e. The molecule has 0 bridgehead atoms. The first kappa shape index (κ1) is 20.1. The van der Waals surface area contributed by atoms with E-state index < -0.39 is 17.6 Å². The van der Waals surface area contributed by atoms with Gasteiger partial charge < -0.3 is 4.98 Å². The normalized spacial score (nSPS) is 18.6. The third-order valence-electron chi connectivity index (χ3n) is 5.94. The number of nitrogens with zero attached hydrogens (tertiary/aromatic N) is 2. The molecule has 8 heteroatoms. The molecule has 0 saturated heterocycles. The molecule has 2 heterocycles. The van der Waals surface area contributed by atoms with E-state index in [-0.39, 0.29) is 23.6 Å². The highest BCUT2D eigenvalue weighted by atomic mass is 19.4. The van der Waals surface area contributed by atoms with Gasteiger partial charge in [0.15, 0.2) is 0 Å². The molecule has 2 aliphatic rings. The summed E-state index contributed by atoms with van der Waals surface area (Å²) in [5, 5.41) is 0. The molecule has 0 amide bonds. The largest absolute Gasteiger partial charge is 0.416 e. The van der Waals surface area contributed by atoms with Crippen molar-refractivity contribution in [1.82, 2.24) is 14.9 Å². The van der Waals surface area contributed by atoms with Crippen molar-refractivity contribution in [3.8, 4) is 0 Å². The van der Waals surface area contributed by atoms with E-state index in [1.807, 2.05) is 4.90 Å². The zero-order chi connectivity index (χ0) is 20.6. The average Bonchev–Trinajstić information content (AvgIpc) is 2.69. The molecule has 1 fully saturated rings. The lowest BCUT2D eigenvalue weighted by Crippen LogP contribution is -2.36. The van der Waals surface area contributed by atoms with Crippen molar-refractivity contribution in [2.24, 2.45) is 0 Å². The zero-order valence-corrected chi connectivity index (χ0v) is 16.0. The Morgan fingerprint density at radius 1 is 1.17 bits per heavy atom. The monoisotopic (exact) mass is 409 g/mol. The number of aromatic nitrogens is 2. The standard InChI is InChI=1S/C21H23F4N3O/c22-17-10-15(21(23,24)25)7-6-14(17)11-28-9-8-16-18(12-28)26-19(27-20(16)29)13-4-2-1-3-5-13/h6-7,10,13H,1-5,8-9,11-12H2,(H,26,27,29). The van der Waals surface area contributed by atoms with Gasteiger partial charge in [-0.25, -0.2) is 9.37 Å². The number of nitrogens with one attached hydrogen (secondary N) is 1. The van der Waals surface area contributed by atoms with Crippen LogP contribution in [-0.2, 0) is 25.7 Å². The molecule has 2 aromatic rings. The summed E-state index contributed by atoms with van der Waals surface area (Å²) in [5.41, 5.74) is 0.476. The Balaban J connectivity index is 1.52. The number of benzene rings is 1. The molecule has 0 spiro atoms. The first-order valence-corrected chi connectivity index (χ1v) is 10.0. The molecular weight excluding hydrogens is 386 g/mol. The van der Waals surface area contributed by atoms with Crippen LogP contribution in [0.5, 0.6) is 0 Å². The second-order valence-corrected chi connectivity index (χ2v) is 7.98. The molecule has 0 radical (unpaired) electrons. The van der Waals surface area contributed by atoms with Crippen LogP contribution in [0.1, 0.15) is 66.2 Å². The van der Waals surface area contributed by atoms with Gasteiger partial charge in [-0.3, -0.25) is 9.69 Å². The molecule has 4 rings (SSSR count). The summed E-state index contributed by atoms with van der Waals surface area (Å²) in [5.74, 6) is 0.132. The van der Waals surface area contributed by atoms with Crippen molar-refractivity contribution in [2.75, 3.05) is 6.54 Å². The minimum atomic E-state index is -4.57. The Morgan fingerprint density at radius 2 is 1.93 bits per heavy atom. The lowest BCUT2D eigenvalue weighted by molar-refractivity contribution is -0.137. The first-order valence-electron chi connectivity index (χ1n) is 10.0. The smallest absolute Gasteiger partial charge is 0.310 e. The van der Waals surface area contributed by atoms with E-state index in [0.717, 1.165) is 37.6 Å². The lowest BCUT2D eigenvalue weighted by atomic mass is 9.88. The molecular formula is C21H23F4N3O. The number of fused-ring (bicyclic) bond motifs is 1. The number of halogens is 4. The first-order chi connectivity index (χ1) is 13.8. The second kappa shape index (κ2) is 7.89. The van der Waals surface area contributed by atoms with Crippen molar-refractivity contribution < 1.29 is 17.6 Å². The second-order valence-electron chi connectivity index (χ2n) is 7.98. The van der Waals surface area contributed by atoms with E-state index in [9.17, 15) is 22.4 Å². The van der Waals surface area contributed by atoms with Crippen molar-refractivity contribution in [2.45, 2.75) is 63.7 Å². The molecule has 1 aliphatic carbocycles. The topological polar surface area (TPSA) is 49.0 Å². The van der Waals surface area contributed by atoms with Gasteiger partial charge in [-0.1, -0.05) is 25.3 Å². The molecule has 0 unspecified atom stereocenters. The average molecular weight is 409 g/mol. The number of H-pyrrole nitrogens is 1. The number of hydrogen-bond donors (Lipinski definition) is 1. The van der Waals surface area contributed by atoms with Crippen LogP contribution >= 0.6 is 0 Å². The summed E-state index contributed by atoms with van der Waals surface area (Å²) >= 11 is 0. The fraction of sp³-hybridized carbons (Fsp3) is 0.524. The maximum Gasteiger partial charge on any atom is 0.416 e. The Kier molecular flexibility index (Phi) is 5.46. The van der Waals surface area contributed by atoms with Gasteiger partial charge in [0.25, 0.3) is 5.56 Å². The van der Waals surface area contributed by atoms with Crippen molar-refractivity contribution in [1.29, 1.82) is 0 Å². The number of hydrogen-bond acceptors (Lipinski definition) is 3. The van der Waals surface area contributed by atoms with Gasteiger partial charge in [0.05, 0.1) is 11.3 Å². The Morgan fingerprint density at radius 3 is 2.62 bits per heavy atom. The highest BCUT2D eigenvalue weighted by molar-refractivity contribution is 5.27. The van der Waals surface area contributed by atoms with Gasteiger partial charge in [-0.05, 0) is 31.4 Å². The molecule has 4 nitrogen and oxygen atoms in total. The summed E-state index contributed by atoms with van der Waals surface area (Å²) in [6.45, 7) is 1.09. The van der Waals surface area contributed by atoms with Crippen molar-refractivity contribution >= 4 is 0 Å². The Bertz CT molecular complexity index is 948. The summed E-state index contributed by atoms with van der Waals surface area (Å²) < 4.78 is 52.4. The van der Waals surface area contributed by atoms with E-state index in [0.29, 0.717) is 36.8 Å². The van der Waals surface area contributed by atoms with Crippen LogP contribution in [0.15, 0.2) is 23.0 Å². The Hall–Kier alpha value is -2.22. The zero-order valence-electron chi connectivity index (χ0n) is 16.0. The third-order valence-corrected chi connectivity index (χ3v) is 5.94. The quantitative estimate of drug-likeness (QED) is 0.758. The molecule has 29 heavy (non-hydrogen) atoms. The van der Waals surface area contributed by atoms with E-state index >= 15 is 0 Å². The molecule has 156 valence electrons. The van der Waals surface area contributed by atoms with E-state index in [2.05, 4.69) is 4.98 Å². The van der Waals surface area contributed by atoms with Gasteiger partial charge in [0.2, 0.25) is 0 Å². The van der Waals surface area contributed by atoms with Crippen molar-refractivity contribution in [3.63, 3.8) is 0 Å². The summed E-state index contributed by atoms with van der Waals surface area (Å²) in [6, 6.07) is 2.63. The highest BCUT2D eigenvalue weighted by Gasteiger charge is 2.31. The summed E-state index contributed by atoms with van der Waals surface area (Å²) in [7, 11) is 0. The predicted octanol–water partition coefficient (Wildman–Crippen LogP) is 4.53. The van der Waals surface area contributed by atoms with Crippen LogP contribution in [0.25, 0.3) is 0 Å². The molecule has 1 aromatic carbocycles. The number of rotatable bonds is 3. The van der Waals surface area contributed by atoms with Crippen LogP contribution in [0, 0.1) is 5.82 Å². The minimum absolute atomic E-state index is 0.101. The van der Waals surface area contributed by atoms with Crippen LogP contribution < -0.4 is 5.56 Å². The van der Waals surface area contributed by atoms with E-state index in [1.165, 1.54) is 12.5 Å². The Labute approximate surface area is 166 Å². The number of alkyl halides is 3. The predicted molar refractivity (Wildman–Crippen MR) is 99.9 cm³/mol. The molecule has 1 N–H and O–H groups in total. The van der Waals surface area contributed by atoms with Crippen LogP contribution in [-0.4, -0.2) is 21.4 Å². The third kappa shape index (κ3) is 4.37. The van der Waals surface area contributed by atoms with Crippen LogP contribution in [0.3, 0.4) is 0 Å². The molecule has 1 aliphatic heterocycles. The van der Waals surface area contributed by atoms with Crippen molar-refractivity contribution in [3.05, 3.63) is 62.6 Å². The summed E-state index contributed by atoms with van der Waals surface area (Å²) in [4.78, 5) is 22.1. The number of aromatic amines is 1. The van der Waals surface area contributed by atoms with Crippen LogP contribution in [0.4, 0.5) is 17.6 Å². The van der Waals surface area contributed by atoms with Gasteiger partial charge in [-0.15, -0.1) is 0 Å². The highest BCUT2D eigenvalue weighted by Crippen LogP contribution is 2.32. The maximum atomic E-state index is 14.2. The van der Waals surface area contributed by atoms with Crippen LogP contribution in [0.2, 0.25) is 0 Å². The van der Waals surface area contributed by atoms with E-state index in [4.69, 9.17) is 4.98 Å². The summed E-state index contributed by atoms with van der Waals surface area (Å²) in [6.07, 6.45) is 1.42. The van der Waals surface area contributed by atoms with Gasteiger partial charge in [0, 0.05) is 36.7 Å². The molecule has 0 atom stereocenters. The van der Waals surface area contributed by atoms with E-state index in [1.54, 1.807) is 0 Å². The lowest BCUT2D eigenvalue weighted by Gasteiger charge is -2.29.